The summed E-state index contributed by atoms with van der Waals surface area (Å²) in [4.78, 5) is 22.0. The van der Waals surface area contributed by atoms with Crippen LogP contribution < -0.4 is 10.1 Å². The van der Waals surface area contributed by atoms with Crippen molar-refractivity contribution in [2.75, 3.05) is 5.32 Å². The molecule has 0 aliphatic heterocycles. The molecule has 0 bridgehead atoms. The first-order valence-corrected chi connectivity index (χ1v) is 6.85. The summed E-state index contributed by atoms with van der Waals surface area (Å²) in [5.41, 5.74) is 0.551. The Labute approximate surface area is 136 Å². The number of ether oxygens (including phenoxy) is 1. The van der Waals surface area contributed by atoms with Gasteiger partial charge in [0.15, 0.2) is 0 Å². The summed E-state index contributed by atoms with van der Waals surface area (Å²) in [7, 11) is 0. The number of halogens is 2. The third kappa shape index (κ3) is 3.95. The van der Waals surface area contributed by atoms with E-state index in [-0.39, 0.29) is 5.69 Å². The number of aryl methyl sites for hydroxylation is 2. The van der Waals surface area contributed by atoms with Crippen LogP contribution in [0.15, 0.2) is 30.3 Å². The van der Waals surface area contributed by atoms with Crippen LogP contribution in [0.1, 0.15) is 11.1 Å². The van der Waals surface area contributed by atoms with Crippen molar-refractivity contribution in [2.24, 2.45) is 0 Å². The molecule has 120 valence electrons. The molecule has 0 spiro atoms. The maximum absolute atomic E-state index is 13.1. The van der Waals surface area contributed by atoms with E-state index in [1.54, 1.807) is 26.0 Å². The number of carbonyl (C=O) groups is 1. The van der Waals surface area contributed by atoms with Crippen LogP contribution in [0.2, 0.25) is 5.02 Å². The number of carbonyl (C=O) groups excluding carboxylic acids is 1. The van der Waals surface area contributed by atoms with E-state index >= 15 is 0 Å². The molecule has 0 unspecified atom stereocenters. The molecular formula is C15H12ClFN2O4. The molecule has 0 fully saturated rings. The molecule has 0 aliphatic rings. The molecule has 0 aliphatic carbocycles. The second-order valence-electron chi connectivity index (χ2n) is 4.80. The minimum Gasteiger partial charge on any atom is -0.410 e. The van der Waals surface area contributed by atoms with Gasteiger partial charge in [-0.15, -0.1) is 0 Å². The molecule has 8 heteroatoms. The molecule has 0 radical (unpaired) electrons. The zero-order valence-corrected chi connectivity index (χ0v) is 13.0. The molecule has 0 aromatic heterocycles. The number of benzene rings is 2. The average Bonchev–Trinajstić information content (AvgIpc) is 2.44. The third-order valence-corrected chi connectivity index (χ3v) is 3.23. The zero-order valence-electron chi connectivity index (χ0n) is 12.2. The van der Waals surface area contributed by atoms with Crippen molar-refractivity contribution in [3.05, 3.63) is 62.4 Å². The van der Waals surface area contributed by atoms with E-state index in [9.17, 15) is 19.3 Å². The van der Waals surface area contributed by atoms with Gasteiger partial charge < -0.3 is 4.74 Å². The minimum atomic E-state index is -0.923. The minimum absolute atomic E-state index is 0.161. The van der Waals surface area contributed by atoms with Gasteiger partial charge >= 0.3 is 6.09 Å². The van der Waals surface area contributed by atoms with Crippen LogP contribution in [0.25, 0.3) is 0 Å². The van der Waals surface area contributed by atoms with E-state index in [0.29, 0.717) is 28.0 Å². The van der Waals surface area contributed by atoms with Gasteiger partial charge in [0.1, 0.15) is 17.3 Å². The van der Waals surface area contributed by atoms with Crippen LogP contribution in [0.4, 0.5) is 20.6 Å². The Hall–Kier alpha value is -2.67. The summed E-state index contributed by atoms with van der Waals surface area (Å²) < 4.78 is 18.2. The number of nitro groups is 1. The molecule has 23 heavy (non-hydrogen) atoms. The van der Waals surface area contributed by atoms with E-state index in [1.165, 1.54) is 0 Å². The van der Waals surface area contributed by atoms with Crippen molar-refractivity contribution in [1.29, 1.82) is 0 Å². The number of anilines is 1. The lowest BCUT2D eigenvalue weighted by Gasteiger charge is -2.12. The molecular weight excluding hydrogens is 327 g/mol. The number of nitro benzene ring substituents is 1. The second kappa shape index (κ2) is 6.62. The van der Waals surface area contributed by atoms with Crippen LogP contribution in [-0.4, -0.2) is 11.0 Å². The summed E-state index contributed by atoms with van der Waals surface area (Å²) in [6.07, 6.45) is -0.923. The highest BCUT2D eigenvalue weighted by Gasteiger charge is 2.19. The predicted octanol–water partition coefficient (Wildman–Crippen LogP) is 4.62. The van der Waals surface area contributed by atoms with Crippen molar-refractivity contribution in [1.82, 2.24) is 0 Å². The molecule has 0 saturated carbocycles. The molecule has 0 saturated heterocycles. The topological polar surface area (TPSA) is 81.5 Å². The van der Waals surface area contributed by atoms with E-state index in [1.807, 2.05) is 0 Å². The van der Waals surface area contributed by atoms with Crippen molar-refractivity contribution in [3.63, 3.8) is 0 Å². The maximum atomic E-state index is 13.1. The smallest absolute Gasteiger partial charge is 0.410 e. The quantitative estimate of drug-likeness (QED) is 0.654. The first-order valence-electron chi connectivity index (χ1n) is 6.47. The summed E-state index contributed by atoms with van der Waals surface area (Å²) in [5.74, 6) is -0.475. The Morgan fingerprint density at radius 2 is 1.87 bits per heavy atom. The SMILES string of the molecule is Cc1cc(Cl)cc(C)c1OC(=O)Nc1ccc(F)cc1[N+](=O)[O-]. The van der Waals surface area contributed by atoms with Crippen LogP contribution in [0, 0.1) is 29.8 Å². The van der Waals surface area contributed by atoms with Crippen LogP contribution in [-0.2, 0) is 0 Å². The van der Waals surface area contributed by atoms with Crippen LogP contribution >= 0.6 is 11.6 Å². The number of amides is 1. The van der Waals surface area contributed by atoms with Gasteiger partial charge in [-0.1, -0.05) is 11.6 Å². The van der Waals surface area contributed by atoms with Gasteiger partial charge in [0.05, 0.1) is 11.0 Å². The number of nitrogens with one attached hydrogen (secondary N) is 1. The number of rotatable bonds is 3. The van der Waals surface area contributed by atoms with E-state index in [2.05, 4.69) is 5.32 Å². The van der Waals surface area contributed by atoms with Gasteiger partial charge in [0, 0.05) is 5.02 Å². The number of hydrogen-bond donors (Lipinski definition) is 1. The lowest BCUT2D eigenvalue weighted by molar-refractivity contribution is -0.384. The highest BCUT2D eigenvalue weighted by atomic mass is 35.5. The Kier molecular flexibility index (Phi) is 4.80. The predicted molar refractivity (Wildman–Crippen MR) is 83.6 cm³/mol. The highest BCUT2D eigenvalue weighted by Crippen LogP contribution is 2.29. The second-order valence-corrected chi connectivity index (χ2v) is 5.24. The maximum Gasteiger partial charge on any atom is 0.417 e. The van der Waals surface area contributed by atoms with E-state index in [4.69, 9.17) is 16.3 Å². The van der Waals surface area contributed by atoms with Gasteiger partial charge in [-0.05, 0) is 49.2 Å². The highest BCUT2D eigenvalue weighted by molar-refractivity contribution is 6.30. The van der Waals surface area contributed by atoms with Gasteiger partial charge in [0.25, 0.3) is 5.69 Å². The average molecular weight is 339 g/mol. The summed E-state index contributed by atoms with van der Waals surface area (Å²) in [6, 6.07) is 6.06. The summed E-state index contributed by atoms with van der Waals surface area (Å²) >= 11 is 5.89. The van der Waals surface area contributed by atoms with E-state index in [0.717, 1.165) is 12.1 Å². The molecule has 1 N–H and O–H groups in total. The molecule has 0 atom stereocenters. The molecule has 1 amide bonds. The first-order chi connectivity index (χ1) is 10.8. The fourth-order valence-corrected chi connectivity index (χ4v) is 2.38. The van der Waals surface area contributed by atoms with Gasteiger partial charge in [-0.2, -0.15) is 0 Å². The van der Waals surface area contributed by atoms with E-state index < -0.39 is 22.5 Å². The first kappa shape index (κ1) is 16.7. The standard InChI is InChI=1S/C15H12ClFN2O4/c1-8-5-10(16)6-9(2)14(8)23-15(20)18-12-4-3-11(17)7-13(12)19(21)22/h3-7H,1-2H3,(H,18,20). The van der Waals surface area contributed by atoms with Crippen molar-refractivity contribution >= 4 is 29.1 Å². The monoisotopic (exact) mass is 338 g/mol. The van der Waals surface area contributed by atoms with Gasteiger partial charge in [0.2, 0.25) is 0 Å². The summed E-state index contributed by atoms with van der Waals surface area (Å²) in [5, 5.41) is 13.6. The Morgan fingerprint density at radius 3 is 2.43 bits per heavy atom. The Morgan fingerprint density at radius 1 is 1.26 bits per heavy atom. The number of nitrogens with zero attached hydrogens (tertiary/aromatic N) is 1. The van der Waals surface area contributed by atoms with Crippen molar-refractivity contribution in [3.8, 4) is 5.75 Å². The normalized spacial score (nSPS) is 10.3. The zero-order chi connectivity index (χ0) is 17.1. The van der Waals surface area contributed by atoms with Gasteiger partial charge in [-0.3, -0.25) is 15.4 Å². The van der Waals surface area contributed by atoms with Crippen molar-refractivity contribution < 1.29 is 18.8 Å². The molecule has 2 aromatic rings. The molecule has 2 rings (SSSR count). The molecule has 0 heterocycles. The fourth-order valence-electron chi connectivity index (χ4n) is 2.05. The van der Waals surface area contributed by atoms with Crippen LogP contribution in [0.5, 0.6) is 5.75 Å². The lowest BCUT2D eigenvalue weighted by atomic mass is 10.1. The summed E-state index contributed by atoms with van der Waals surface area (Å²) in [6.45, 7) is 3.42. The van der Waals surface area contributed by atoms with Gasteiger partial charge in [-0.25, -0.2) is 9.18 Å². The molecule has 2 aromatic carbocycles. The lowest BCUT2D eigenvalue weighted by Crippen LogP contribution is -2.18. The fraction of sp³-hybridized carbons (Fsp3) is 0.133. The Balaban J connectivity index is 2.23. The molecule has 6 nitrogen and oxygen atoms in total. The number of hydrogen-bond acceptors (Lipinski definition) is 4. The van der Waals surface area contributed by atoms with Crippen molar-refractivity contribution in [2.45, 2.75) is 13.8 Å². The largest absolute Gasteiger partial charge is 0.417 e. The Bertz CT molecular complexity index is 772. The van der Waals surface area contributed by atoms with Crippen LogP contribution in [0.3, 0.4) is 0 Å². The third-order valence-electron chi connectivity index (χ3n) is 3.01.